The Morgan fingerprint density at radius 3 is 2.74 bits per heavy atom. The molecule has 19 heavy (non-hydrogen) atoms. The van der Waals surface area contributed by atoms with Crippen molar-refractivity contribution in [3.63, 3.8) is 0 Å². The molecule has 2 rings (SSSR count). The van der Waals surface area contributed by atoms with Gasteiger partial charge in [-0.15, -0.1) is 0 Å². The summed E-state index contributed by atoms with van der Waals surface area (Å²) < 4.78 is 18.7. The molecule has 0 aliphatic heterocycles. The number of hydrogen-bond donors (Lipinski definition) is 0. The molecule has 0 amide bonds. The van der Waals surface area contributed by atoms with Crippen LogP contribution in [0, 0.1) is 15.9 Å². The predicted octanol–water partition coefficient (Wildman–Crippen LogP) is 4.66. The van der Waals surface area contributed by atoms with Crippen molar-refractivity contribution in [1.29, 1.82) is 0 Å². The van der Waals surface area contributed by atoms with Gasteiger partial charge in [-0.05, 0) is 24.6 Å². The Labute approximate surface area is 121 Å². The lowest BCUT2D eigenvalue weighted by Crippen LogP contribution is -1.98. The van der Waals surface area contributed by atoms with Gasteiger partial charge in [0.1, 0.15) is 16.5 Å². The minimum absolute atomic E-state index is 0.232. The zero-order valence-corrected chi connectivity index (χ0v) is 11.8. The number of halogens is 3. The lowest BCUT2D eigenvalue weighted by atomic mass is 10.1. The molecule has 1 aromatic heterocycles. The highest BCUT2D eigenvalue weighted by Gasteiger charge is 2.20. The topological polar surface area (TPSA) is 56.3 Å². The van der Waals surface area contributed by atoms with Crippen molar-refractivity contribution in [2.24, 2.45) is 0 Å². The van der Waals surface area contributed by atoms with E-state index in [0.717, 1.165) is 0 Å². The summed E-state index contributed by atoms with van der Waals surface area (Å²) in [6.07, 6.45) is 0.232. The smallest absolute Gasteiger partial charge is 0.405 e. The van der Waals surface area contributed by atoms with Crippen LogP contribution in [0.15, 0.2) is 34.7 Å². The molecule has 2 aromatic rings. The zero-order valence-electron chi connectivity index (χ0n) is 9.48. The van der Waals surface area contributed by atoms with Gasteiger partial charge in [0.25, 0.3) is 0 Å². The van der Waals surface area contributed by atoms with Crippen molar-refractivity contribution in [1.82, 2.24) is 0 Å². The Morgan fingerprint density at radius 1 is 1.42 bits per heavy atom. The fraction of sp³-hybridized carbons (Fsp3) is 0.167. The van der Waals surface area contributed by atoms with Crippen molar-refractivity contribution in [3.05, 3.63) is 62.6 Å². The summed E-state index contributed by atoms with van der Waals surface area (Å²) in [6.45, 7) is 0. The predicted molar refractivity (Wildman–Crippen MR) is 72.1 cm³/mol. The third kappa shape index (κ3) is 3.13. The van der Waals surface area contributed by atoms with Crippen LogP contribution in [0.25, 0.3) is 0 Å². The van der Waals surface area contributed by atoms with Crippen LogP contribution in [0.2, 0.25) is 5.02 Å². The number of hydrogen-bond acceptors (Lipinski definition) is 3. The summed E-state index contributed by atoms with van der Waals surface area (Å²) in [6, 6.07) is 7.15. The van der Waals surface area contributed by atoms with Crippen LogP contribution in [0.3, 0.4) is 0 Å². The molecule has 0 radical (unpaired) electrons. The second-order valence-electron chi connectivity index (χ2n) is 3.80. The van der Waals surface area contributed by atoms with E-state index in [2.05, 4.69) is 15.9 Å². The van der Waals surface area contributed by atoms with E-state index in [0.29, 0.717) is 16.3 Å². The number of alkyl halides is 1. The zero-order chi connectivity index (χ0) is 14.0. The molecule has 1 unspecified atom stereocenters. The molecular formula is C12H8BrClFNO3. The molecule has 0 saturated carbocycles. The molecule has 4 nitrogen and oxygen atoms in total. The molecular weight excluding hydrogens is 340 g/mol. The van der Waals surface area contributed by atoms with E-state index in [4.69, 9.17) is 16.0 Å². The van der Waals surface area contributed by atoms with Crippen molar-refractivity contribution >= 4 is 33.4 Å². The van der Waals surface area contributed by atoms with Gasteiger partial charge in [0.2, 0.25) is 0 Å². The van der Waals surface area contributed by atoms with Gasteiger partial charge in [0.15, 0.2) is 0 Å². The summed E-state index contributed by atoms with van der Waals surface area (Å²) in [7, 11) is 0. The average Bonchev–Trinajstić information content (AvgIpc) is 2.83. The molecule has 0 aliphatic carbocycles. The van der Waals surface area contributed by atoms with Crippen LogP contribution in [0.4, 0.5) is 10.3 Å². The Balaban J connectivity index is 2.20. The van der Waals surface area contributed by atoms with Crippen molar-refractivity contribution in [2.75, 3.05) is 0 Å². The summed E-state index contributed by atoms with van der Waals surface area (Å²) in [5.41, 5.74) is 0.338. The highest BCUT2D eigenvalue weighted by molar-refractivity contribution is 9.09. The quantitative estimate of drug-likeness (QED) is 0.459. The van der Waals surface area contributed by atoms with Gasteiger partial charge >= 0.3 is 5.88 Å². The third-order valence-corrected chi connectivity index (χ3v) is 3.68. The van der Waals surface area contributed by atoms with Gasteiger partial charge in [0.05, 0.1) is 10.9 Å². The van der Waals surface area contributed by atoms with Gasteiger partial charge in [-0.2, -0.15) is 0 Å². The molecule has 1 heterocycles. The number of rotatable bonds is 4. The first-order valence-electron chi connectivity index (χ1n) is 5.30. The number of nitro groups is 1. The Kier molecular flexibility index (Phi) is 4.21. The van der Waals surface area contributed by atoms with Crippen LogP contribution < -0.4 is 0 Å². The first kappa shape index (κ1) is 14.0. The number of furan rings is 1. The number of nitrogens with zero attached hydrogens (tertiary/aromatic N) is 1. The van der Waals surface area contributed by atoms with Crippen LogP contribution >= 0.6 is 27.5 Å². The molecule has 1 aromatic carbocycles. The van der Waals surface area contributed by atoms with Gasteiger partial charge in [-0.1, -0.05) is 33.6 Å². The van der Waals surface area contributed by atoms with Crippen LogP contribution in [0.5, 0.6) is 0 Å². The maximum Gasteiger partial charge on any atom is 0.433 e. The monoisotopic (exact) mass is 347 g/mol. The Morgan fingerprint density at radius 2 is 2.16 bits per heavy atom. The van der Waals surface area contributed by atoms with Gasteiger partial charge in [0, 0.05) is 10.6 Å². The summed E-state index contributed by atoms with van der Waals surface area (Å²) in [5.74, 6) is -0.414. The van der Waals surface area contributed by atoms with Crippen LogP contribution in [-0.4, -0.2) is 4.92 Å². The maximum absolute atomic E-state index is 13.6. The van der Waals surface area contributed by atoms with Gasteiger partial charge < -0.3 is 4.42 Å². The van der Waals surface area contributed by atoms with E-state index in [-0.39, 0.29) is 12.3 Å². The van der Waals surface area contributed by atoms with E-state index in [1.54, 1.807) is 6.07 Å². The standard InChI is InChI=1S/C12H8BrClFNO3/c13-8(11-4-5-12(19-11)16(17)18)6-7-9(14)2-1-3-10(7)15/h1-5,8H,6H2. The molecule has 100 valence electrons. The van der Waals surface area contributed by atoms with E-state index >= 15 is 0 Å². The summed E-state index contributed by atoms with van der Waals surface area (Å²) in [4.78, 5) is 9.50. The second-order valence-corrected chi connectivity index (χ2v) is 5.32. The SMILES string of the molecule is O=[N+]([O-])c1ccc(C(Br)Cc2c(F)cccc2Cl)o1. The lowest BCUT2D eigenvalue weighted by Gasteiger charge is -2.09. The molecule has 1 atom stereocenters. The average molecular weight is 349 g/mol. The van der Waals surface area contributed by atoms with Crippen molar-refractivity contribution in [3.8, 4) is 0 Å². The molecule has 0 saturated heterocycles. The van der Waals surface area contributed by atoms with Gasteiger partial charge in [-0.25, -0.2) is 4.39 Å². The minimum atomic E-state index is -0.626. The van der Waals surface area contributed by atoms with Crippen LogP contribution in [0.1, 0.15) is 16.2 Å². The van der Waals surface area contributed by atoms with E-state index in [9.17, 15) is 14.5 Å². The lowest BCUT2D eigenvalue weighted by molar-refractivity contribution is -0.402. The first-order valence-corrected chi connectivity index (χ1v) is 6.59. The molecule has 0 aliphatic rings. The number of benzene rings is 1. The highest BCUT2D eigenvalue weighted by Crippen LogP contribution is 2.33. The Bertz CT molecular complexity index is 597. The third-order valence-electron chi connectivity index (χ3n) is 2.55. The Hall–Kier alpha value is -1.40. The van der Waals surface area contributed by atoms with Crippen molar-refractivity contribution < 1.29 is 13.7 Å². The molecule has 0 fully saturated rings. The normalized spacial score (nSPS) is 12.4. The first-order chi connectivity index (χ1) is 8.99. The highest BCUT2D eigenvalue weighted by atomic mass is 79.9. The van der Waals surface area contributed by atoms with Gasteiger partial charge in [-0.3, -0.25) is 10.1 Å². The molecule has 0 spiro atoms. The fourth-order valence-electron chi connectivity index (χ4n) is 1.62. The largest absolute Gasteiger partial charge is 0.433 e. The maximum atomic E-state index is 13.6. The van der Waals surface area contributed by atoms with Crippen molar-refractivity contribution in [2.45, 2.75) is 11.2 Å². The summed E-state index contributed by atoms with van der Waals surface area (Å²) >= 11 is 9.23. The molecule has 0 bridgehead atoms. The summed E-state index contributed by atoms with van der Waals surface area (Å²) in [5, 5.41) is 10.8. The fourth-order valence-corrected chi connectivity index (χ4v) is 2.43. The van der Waals surface area contributed by atoms with Crippen LogP contribution in [-0.2, 0) is 6.42 Å². The minimum Gasteiger partial charge on any atom is -0.405 e. The van der Waals surface area contributed by atoms with E-state index < -0.39 is 15.6 Å². The van der Waals surface area contributed by atoms with E-state index in [1.165, 1.54) is 24.3 Å². The molecule has 0 N–H and O–H groups in total. The van der Waals surface area contributed by atoms with E-state index in [1.807, 2.05) is 0 Å². The molecule has 7 heteroatoms. The second kappa shape index (κ2) is 5.71.